The molecule has 1 unspecified atom stereocenters. The molecule has 0 radical (unpaired) electrons. The molecule has 0 aromatic heterocycles. The summed E-state index contributed by atoms with van der Waals surface area (Å²) in [7, 11) is 1.92. The number of rotatable bonds is 4. The van der Waals surface area contributed by atoms with Crippen LogP contribution in [-0.4, -0.2) is 19.6 Å². The van der Waals surface area contributed by atoms with Crippen molar-refractivity contribution < 1.29 is 0 Å². The van der Waals surface area contributed by atoms with E-state index in [9.17, 15) is 0 Å². The van der Waals surface area contributed by atoms with Crippen LogP contribution in [0.5, 0.6) is 0 Å². The molecule has 3 N–H and O–H groups in total. The van der Waals surface area contributed by atoms with Crippen LogP contribution in [-0.2, 0) is 6.42 Å². The average Bonchev–Trinajstić information content (AvgIpc) is 2.22. The second-order valence-electron chi connectivity index (χ2n) is 3.01. The highest BCUT2D eigenvalue weighted by Crippen LogP contribution is 2.00. The minimum atomic E-state index is 0.220. The molecule has 0 bridgehead atoms. The van der Waals surface area contributed by atoms with E-state index in [4.69, 9.17) is 5.73 Å². The van der Waals surface area contributed by atoms with E-state index in [1.165, 1.54) is 5.56 Å². The molecule has 0 aliphatic carbocycles. The average molecular weight is 194 g/mol. The number of likely N-dealkylation sites (N-methyl/N-ethyl adjacent to an activating group) is 1. The Balaban J connectivity index is 0.000000791. The Bertz CT molecular complexity index is 209. The molecule has 0 aliphatic heterocycles. The molecule has 0 fully saturated rings. The fraction of sp³-hybridized carbons (Fsp3) is 0.500. The Morgan fingerprint density at radius 1 is 1.21 bits per heavy atom. The van der Waals surface area contributed by atoms with Gasteiger partial charge in [0, 0.05) is 12.6 Å². The van der Waals surface area contributed by atoms with Crippen LogP contribution in [0.1, 0.15) is 19.4 Å². The summed E-state index contributed by atoms with van der Waals surface area (Å²) in [4.78, 5) is 0. The van der Waals surface area contributed by atoms with Gasteiger partial charge in [0.1, 0.15) is 0 Å². The second kappa shape index (κ2) is 8.73. The zero-order valence-corrected chi connectivity index (χ0v) is 9.46. The Morgan fingerprint density at radius 3 is 2.29 bits per heavy atom. The third kappa shape index (κ3) is 5.73. The lowest BCUT2D eigenvalue weighted by atomic mass is 10.1. The van der Waals surface area contributed by atoms with E-state index in [1.54, 1.807) is 0 Å². The quantitative estimate of drug-likeness (QED) is 0.767. The van der Waals surface area contributed by atoms with Gasteiger partial charge < -0.3 is 11.1 Å². The third-order valence-corrected chi connectivity index (χ3v) is 1.81. The van der Waals surface area contributed by atoms with E-state index in [0.717, 1.165) is 13.0 Å². The molecule has 0 amide bonds. The first-order valence-electron chi connectivity index (χ1n) is 5.27. The fourth-order valence-corrected chi connectivity index (χ4v) is 1.25. The standard InChI is InChI=1S/C10H16N2.C2H6/c1-12-8-10(11)7-9-5-3-2-4-6-9;1-2/h2-6,10,12H,7-8,11H2,1H3;1-2H3. The summed E-state index contributed by atoms with van der Waals surface area (Å²) in [5.41, 5.74) is 7.16. The van der Waals surface area contributed by atoms with Gasteiger partial charge in [-0.05, 0) is 19.0 Å². The van der Waals surface area contributed by atoms with Crippen molar-refractivity contribution in [3.8, 4) is 0 Å². The zero-order chi connectivity index (χ0) is 10.8. The number of benzene rings is 1. The maximum Gasteiger partial charge on any atom is 0.0206 e. The predicted octanol–water partition coefficient (Wildman–Crippen LogP) is 1.80. The van der Waals surface area contributed by atoms with E-state index >= 15 is 0 Å². The van der Waals surface area contributed by atoms with E-state index in [1.807, 2.05) is 39.1 Å². The van der Waals surface area contributed by atoms with Crippen molar-refractivity contribution in [2.75, 3.05) is 13.6 Å². The van der Waals surface area contributed by atoms with Crippen molar-refractivity contribution in [3.05, 3.63) is 35.9 Å². The van der Waals surface area contributed by atoms with Crippen LogP contribution in [0, 0.1) is 0 Å². The summed E-state index contributed by atoms with van der Waals surface area (Å²) >= 11 is 0. The lowest BCUT2D eigenvalue weighted by Crippen LogP contribution is -2.33. The molecule has 0 saturated carbocycles. The van der Waals surface area contributed by atoms with Gasteiger partial charge in [0.15, 0.2) is 0 Å². The molecule has 0 heterocycles. The molecule has 0 spiro atoms. The lowest BCUT2D eigenvalue weighted by Gasteiger charge is -2.09. The summed E-state index contributed by atoms with van der Waals surface area (Å²) in [6.07, 6.45) is 0.946. The van der Waals surface area contributed by atoms with Crippen molar-refractivity contribution in [2.45, 2.75) is 26.3 Å². The van der Waals surface area contributed by atoms with Crippen LogP contribution in [0.4, 0.5) is 0 Å². The van der Waals surface area contributed by atoms with Gasteiger partial charge >= 0.3 is 0 Å². The molecule has 1 rings (SSSR count). The topological polar surface area (TPSA) is 38.0 Å². The van der Waals surface area contributed by atoms with Gasteiger partial charge in [-0.3, -0.25) is 0 Å². The number of nitrogens with two attached hydrogens (primary N) is 1. The van der Waals surface area contributed by atoms with E-state index < -0.39 is 0 Å². The first-order valence-corrected chi connectivity index (χ1v) is 5.27. The first-order chi connectivity index (χ1) is 6.83. The highest BCUT2D eigenvalue weighted by atomic mass is 14.9. The van der Waals surface area contributed by atoms with Gasteiger partial charge in [0.05, 0.1) is 0 Å². The zero-order valence-electron chi connectivity index (χ0n) is 9.46. The molecular formula is C12H22N2. The molecule has 0 aliphatic rings. The Hall–Kier alpha value is -0.860. The van der Waals surface area contributed by atoms with Crippen LogP contribution in [0.25, 0.3) is 0 Å². The number of hydrogen-bond donors (Lipinski definition) is 2. The molecular weight excluding hydrogens is 172 g/mol. The van der Waals surface area contributed by atoms with Gasteiger partial charge in [-0.1, -0.05) is 44.2 Å². The number of nitrogens with one attached hydrogen (secondary N) is 1. The summed E-state index contributed by atoms with van der Waals surface area (Å²) in [5, 5.41) is 3.06. The van der Waals surface area contributed by atoms with Crippen LogP contribution in [0.2, 0.25) is 0 Å². The monoisotopic (exact) mass is 194 g/mol. The van der Waals surface area contributed by atoms with Gasteiger partial charge in [-0.15, -0.1) is 0 Å². The minimum absolute atomic E-state index is 0.220. The van der Waals surface area contributed by atoms with E-state index in [-0.39, 0.29) is 6.04 Å². The fourth-order valence-electron chi connectivity index (χ4n) is 1.25. The highest BCUT2D eigenvalue weighted by molar-refractivity contribution is 5.15. The maximum absolute atomic E-state index is 5.85. The van der Waals surface area contributed by atoms with Gasteiger partial charge in [-0.2, -0.15) is 0 Å². The van der Waals surface area contributed by atoms with Crippen molar-refractivity contribution in [3.63, 3.8) is 0 Å². The van der Waals surface area contributed by atoms with Crippen molar-refractivity contribution in [1.29, 1.82) is 0 Å². The molecule has 1 atom stereocenters. The SMILES string of the molecule is CC.CNCC(N)Cc1ccccc1. The third-order valence-electron chi connectivity index (χ3n) is 1.81. The molecule has 2 nitrogen and oxygen atoms in total. The number of hydrogen-bond acceptors (Lipinski definition) is 2. The van der Waals surface area contributed by atoms with E-state index in [2.05, 4.69) is 17.4 Å². The predicted molar refractivity (Wildman–Crippen MR) is 63.4 cm³/mol. The first kappa shape index (κ1) is 13.1. The summed E-state index contributed by atoms with van der Waals surface area (Å²) in [6, 6.07) is 10.5. The Morgan fingerprint density at radius 2 is 1.79 bits per heavy atom. The smallest absolute Gasteiger partial charge is 0.0206 e. The lowest BCUT2D eigenvalue weighted by molar-refractivity contribution is 0.616. The summed E-state index contributed by atoms with van der Waals surface area (Å²) in [5.74, 6) is 0. The highest BCUT2D eigenvalue weighted by Gasteiger charge is 2.00. The Labute approximate surface area is 87.5 Å². The largest absolute Gasteiger partial charge is 0.326 e. The second-order valence-corrected chi connectivity index (χ2v) is 3.01. The summed E-state index contributed by atoms with van der Waals surface area (Å²) < 4.78 is 0. The van der Waals surface area contributed by atoms with E-state index in [0.29, 0.717) is 0 Å². The molecule has 2 heteroatoms. The molecule has 0 saturated heterocycles. The normalized spacial score (nSPS) is 11.4. The molecule has 1 aromatic carbocycles. The summed E-state index contributed by atoms with van der Waals surface area (Å²) in [6.45, 7) is 4.87. The molecule has 80 valence electrons. The van der Waals surface area contributed by atoms with Gasteiger partial charge in [0.2, 0.25) is 0 Å². The Kier molecular flexibility index (Phi) is 8.19. The van der Waals surface area contributed by atoms with Crippen LogP contribution in [0.15, 0.2) is 30.3 Å². The van der Waals surface area contributed by atoms with Gasteiger partial charge in [-0.25, -0.2) is 0 Å². The minimum Gasteiger partial charge on any atom is -0.326 e. The van der Waals surface area contributed by atoms with Crippen molar-refractivity contribution >= 4 is 0 Å². The van der Waals surface area contributed by atoms with Crippen LogP contribution >= 0.6 is 0 Å². The van der Waals surface area contributed by atoms with Crippen molar-refractivity contribution in [2.24, 2.45) is 5.73 Å². The van der Waals surface area contributed by atoms with Crippen LogP contribution < -0.4 is 11.1 Å². The van der Waals surface area contributed by atoms with Crippen molar-refractivity contribution in [1.82, 2.24) is 5.32 Å². The van der Waals surface area contributed by atoms with Crippen LogP contribution in [0.3, 0.4) is 0 Å². The van der Waals surface area contributed by atoms with Gasteiger partial charge in [0.25, 0.3) is 0 Å². The maximum atomic E-state index is 5.85. The molecule has 1 aromatic rings. The molecule has 14 heavy (non-hydrogen) atoms.